The molecular weight excluding hydrogens is 360 g/mol. The standard InChI is InChI=1S/C24H26N4O/c1-18-8-4-5-11-24(18)28-20(3)23(19(2)26-28)17-27(16-22-10-7-13-29-22)15-21-9-6-12-25-14-21/h4-14H,15-17H2,1-3H3. The Morgan fingerprint density at radius 3 is 2.52 bits per heavy atom. The van der Waals surface area contributed by atoms with Gasteiger partial charge in [0, 0.05) is 36.7 Å². The molecule has 0 bridgehead atoms. The number of benzene rings is 1. The Morgan fingerprint density at radius 1 is 0.931 bits per heavy atom. The van der Waals surface area contributed by atoms with Crippen molar-refractivity contribution >= 4 is 0 Å². The third-order valence-corrected chi connectivity index (χ3v) is 5.26. The van der Waals surface area contributed by atoms with E-state index in [2.05, 4.69) is 65.7 Å². The van der Waals surface area contributed by atoms with Gasteiger partial charge < -0.3 is 4.42 Å². The number of aromatic nitrogens is 3. The minimum Gasteiger partial charge on any atom is -0.468 e. The van der Waals surface area contributed by atoms with E-state index in [0.717, 1.165) is 36.8 Å². The molecule has 5 heteroatoms. The maximum Gasteiger partial charge on any atom is 0.117 e. The summed E-state index contributed by atoms with van der Waals surface area (Å²) in [5, 5.41) is 4.85. The van der Waals surface area contributed by atoms with Crippen LogP contribution in [0, 0.1) is 20.8 Å². The molecule has 0 aliphatic heterocycles. The number of furan rings is 1. The summed E-state index contributed by atoms with van der Waals surface area (Å²) < 4.78 is 7.68. The van der Waals surface area contributed by atoms with Crippen molar-refractivity contribution in [3.63, 3.8) is 0 Å². The molecular formula is C24H26N4O. The number of rotatable bonds is 7. The normalized spacial score (nSPS) is 11.3. The van der Waals surface area contributed by atoms with Crippen LogP contribution in [0.25, 0.3) is 5.69 Å². The molecule has 3 aromatic heterocycles. The molecule has 0 N–H and O–H groups in total. The summed E-state index contributed by atoms with van der Waals surface area (Å²) >= 11 is 0. The van der Waals surface area contributed by atoms with Crippen LogP contribution < -0.4 is 0 Å². The number of pyridine rings is 1. The van der Waals surface area contributed by atoms with Gasteiger partial charge in [0.05, 0.1) is 24.2 Å². The molecule has 1 aromatic carbocycles. The fourth-order valence-electron chi connectivity index (χ4n) is 3.70. The summed E-state index contributed by atoms with van der Waals surface area (Å²) in [7, 11) is 0. The monoisotopic (exact) mass is 386 g/mol. The molecule has 0 radical (unpaired) electrons. The number of hydrogen-bond acceptors (Lipinski definition) is 4. The number of nitrogens with zero attached hydrogens (tertiary/aromatic N) is 4. The predicted octanol–water partition coefficient (Wildman–Crippen LogP) is 4.99. The summed E-state index contributed by atoms with van der Waals surface area (Å²) in [6.45, 7) is 8.68. The number of para-hydroxylation sites is 1. The zero-order valence-corrected chi connectivity index (χ0v) is 17.2. The average Bonchev–Trinajstić information content (AvgIpc) is 3.33. The van der Waals surface area contributed by atoms with Crippen molar-refractivity contribution in [2.24, 2.45) is 0 Å². The van der Waals surface area contributed by atoms with Gasteiger partial charge in [0.1, 0.15) is 5.76 Å². The second kappa shape index (κ2) is 8.45. The largest absolute Gasteiger partial charge is 0.468 e. The van der Waals surface area contributed by atoms with E-state index in [-0.39, 0.29) is 0 Å². The Hall–Kier alpha value is -3.18. The van der Waals surface area contributed by atoms with Crippen molar-refractivity contribution in [3.8, 4) is 5.69 Å². The molecule has 0 aliphatic carbocycles. The third kappa shape index (κ3) is 4.30. The molecule has 0 aliphatic rings. The van der Waals surface area contributed by atoms with Crippen molar-refractivity contribution in [1.82, 2.24) is 19.7 Å². The first kappa shape index (κ1) is 19.2. The van der Waals surface area contributed by atoms with Gasteiger partial charge in [0.2, 0.25) is 0 Å². The van der Waals surface area contributed by atoms with Crippen molar-refractivity contribution in [2.45, 2.75) is 40.4 Å². The van der Waals surface area contributed by atoms with Crippen LogP contribution in [0.4, 0.5) is 0 Å². The summed E-state index contributed by atoms with van der Waals surface area (Å²) in [5.41, 5.74) is 7.01. The van der Waals surface area contributed by atoms with Crippen molar-refractivity contribution in [3.05, 3.63) is 101 Å². The molecule has 0 amide bonds. The highest BCUT2D eigenvalue weighted by atomic mass is 16.3. The highest BCUT2D eigenvalue weighted by molar-refractivity contribution is 5.42. The van der Waals surface area contributed by atoms with Gasteiger partial charge in [-0.3, -0.25) is 9.88 Å². The van der Waals surface area contributed by atoms with Gasteiger partial charge in [0.15, 0.2) is 0 Å². The van der Waals surface area contributed by atoms with E-state index < -0.39 is 0 Å². The Bertz CT molecular complexity index is 1070. The predicted molar refractivity (Wildman–Crippen MR) is 114 cm³/mol. The lowest BCUT2D eigenvalue weighted by molar-refractivity contribution is 0.226. The highest BCUT2D eigenvalue weighted by Crippen LogP contribution is 2.23. The van der Waals surface area contributed by atoms with Gasteiger partial charge in [-0.15, -0.1) is 0 Å². The zero-order chi connectivity index (χ0) is 20.2. The van der Waals surface area contributed by atoms with Crippen molar-refractivity contribution in [2.75, 3.05) is 0 Å². The molecule has 0 saturated heterocycles. The van der Waals surface area contributed by atoms with Crippen LogP contribution in [-0.2, 0) is 19.6 Å². The van der Waals surface area contributed by atoms with Gasteiger partial charge in [-0.25, -0.2) is 4.68 Å². The first-order chi connectivity index (χ1) is 14.1. The van der Waals surface area contributed by atoms with Crippen LogP contribution in [0.3, 0.4) is 0 Å². The van der Waals surface area contributed by atoms with Crippen LogP contribution in [0.5, 0.6) is 0 Å². The van der Waals surface area contributed by atoms with Crippen LogP contribution in [-0.4, -0.2) is 19.7 Å². The summed E-state index contributed by atoms with van der Waals surface area (Å²) in [6.07, 6.45) is 5.46. The third-order valence-electron chi connectivity index (χ3n) is 5.26. The van der Waals surface area contributed by atoms with E-state index in [0.29, 0.717) is 0 Å². The molecule has 0 spiro atoms. The highest BCUT2D eigenvalue weighted by Gasteiger charge is 2.18. The SMILES string of the molecule is Cc1ccccc1-n1nc(C)c(CN(Cc2cccnc2)Cc2ccco2)c1C. The molecule has 4 rings (SSSR count). The molecule has 0 saturated carbocycles. The molecule has 29 heavy (non-hydrogen) atoms. The fourth-order valence-corrected chi connectivity index (χ4v) is 3.70. The smallest absolute Gasteiger partial charge is 0.117 e. The minimum absolute atomic E-state index is 0.732. The maximum atomic E-state index is 5.61. The van der Waals surface area contributed by atoms with E-state index >= 15 is 0 Å². The van der Waals surface area contributed by atoms with Crippen LogP contribution >= 0.6 is 0 Å². The summed E-state index contributed by atoms with van der Waals surface area (Å²) in [4.78, 5) is 6.63. The van der Waals surface area contributed by atoms with Crippen LogP contribution in [0.15, 0.2) is 71.6 Å². The maximum absolute atomic E-state index is 5.61. The van der Waals surface area contributed by atoms with Gasteiger partial charge in [0.25, 0.3) is 0 Å². The second-order valence-electron chi connectivity index (χ2n) is 7.43. The van der Waals surface area contributed by atoms with Gasteiger partial charge in [-0.2, -0.15) is 5.10 Å². The summed E-state index contributed by atoms with van der Waals surface area (Å²) in [6, 6.07) is 16.4. The lowest BCUT2D eigenvalue weighted by Crippen LogP contribution is -2.23. The number of aryl methyl sites for hydroxylation is 2. The van der Waals surface area contributed by atoms with Crippen molar-refractivity contribution in [1.29, 1.82) is 0 Å². The lowest BCUT2D eigenvalue weighted by atomic mass is 10.1. The van der Waals surface area contributed by atoms with E-state index in [1.54, 1.807) is 12.5 Å². The van der Waals surface area contributed by atoms with E-state index in [4.69, 9.17) is 9.52 Å². The Kier molecular flexibility index (Phi) is 5.58. The van der Waals surface area contributed by atoms with E-state index in [9.17, 15) is 0 Å². The Morgan fingerprint density at radius 2 is 1.79 bits per heavy atom. The lowest BCUT2D eigenvalue weighted by Gasteiger charge is -2.21. The quantitative estimate of drug-likeness (QED) is 0.449. The molecule has 148 valence electrons. The molecule has 0 atom stereocenters. The van der Waals surface area contributed by atoms with Crippen LogP contribution in [0.2, 0.25) is 0 Å². The summed E-state index contributed by atoms with van der Waals surface area (Å²) in [5.74, 6) is 0.954. The van der Waals surface area contributed by atoms with Gasteiger partial charge in [-0.1, -0.05) is 24.3 Å². The van der Waals surface area contributed by atoms with Crippen LogP contribution in [0.1, 0.15) is 33.8 Å². The molecule has 5 nitrogen and oxygen atoms in total. The second-order valence-corrected chi connectivity index (χ2v) is 7.43. The Balaban J connectivity index is 1.64. The molecule has 0 fully saturated rings. The average molecular weight is 386 g/mol. The van der Waals surface area contributed by atoms with Gasteiger partial charge in [-0.05, 0) is 56.2 Å². The number of hydrogen-bond donors (Lipinski definition) is 0. The van der Waals surface area contributed by atoms with E-state index in [1.165, 1.54) is 22.4 Å². The van der Waals surface area contributed by atoms with E-state index in [1.807, 2.05) is 24.4 Å². The minimum atomic E-state index is 0.732. The van der Waals surface area contributed by atoms with Gasteiger partial charge >= 0.3 is 0 Å². The fraction of sp³-hybridized carbons (Fsp3) is 0.250. The first-order valence-electron chi connectivity index (χ1n) is 9.86. The molecule has 3 heterocycles. The van der Waals surface area contributed by atoms with Crippen molar-refractivity contribution < 1.29 is 4.42 Å². The molecule has 0 unspecified atom stereocenters. The topological polar surface area (TPSA) is 47.1 Å². The molecule has 4 aromatic rings. The Labute approximate surface area is 171 Å². The zero-order valence-electron chi connectivity index (χ0n) is 17.2. The first-order valence-corrected chi connectivity index (χ1v) is 9.86.